The average Bonchev–Trinajstić information content (AvgIpc) is 2.60. The lowest BCUT2D eigenvalue weighted by Crippen LogP contribution is -2.29. The number of benzene rings is 1. The Kier molecular flexibility index (Phi) is 9.57. The zero-order valence-electron chi connectivity index (χ0n) is 14.4. The molecule has 0 atom stereocenters. The molecule has 0 unspecified atom stereocenters. The Morgan fingerprint density at radius 3 is 2.48 bits per heavy atom. The van der Waals surface area contributed by atoms with Crippen LogP contribution in [0.25, 0.3) is 0 Å². The highest BCUT2D eigenvalue weighted by atomic mass is 16.5. The van der Waals surface area contributed by atoms with E-state index in [2.05, 4.69) is 22.5 Å². The molecule has 0 spiro atoms. The maximum Gasteiger partial charge on any atom is 0.252 e. The Labute approximate surface area is 147 Å². The molecule has 0 aliphatic carbocycles. The summed E-state index contributed by atoms with van der Waals surface area (Å²) in [5.74, 6) is -0.0444. The van der Waals surface area contributed by atoms with E-state index in [9.17, 15) is 4.79 Å². The van der Waals surface area contributed by atoms with Gasteiger partial charge in [-0.2, -0.15) is 0 Å². The lowest BCUT2D eigenvalue weighted by molar-refractivity contribution is -0.114. The first-order valence-electron chi connectivity index (χ1n) is 8.07. The average molecular weight is 346 g/mol. The van der Waals surface area contributed by atoms with Crippen LogP contribution in [-0.2, 0) is 4.79 Å². The highest BCUT2D eigenvalue weighted by molar-refractivity contribution is 6.21. The number of nitrogens with one attached hydrogen (secondary N) is 3. The number of carbonyl (C=O) groups excluding carboxylic acids is 1. The molecule has 0 fully saturated rings. The number of hydrogen-bond acceptors (Lipinski definition) is 6. The predicted molar refractivity (Wildman–Crippen MR) is 101 cm³/mol. The van der Waals surface area contributed by atoms with E-state index < -0.39 is 5.91 Å². The summed E-state index contributed by atoms with van der Waals surface area (Å²) in [7, 11) is 0. The maximum atomic E-state index is 11.3. The van der Waals surface area contributed by atoms with E-state index in [1.807, 2.05) is 0 Å². The molecule has 25 heavy (non-hydrogen) atoms. The van der Waals surface area contributed by atoms with Crippen molar-refractivity contribution in [2.45, 2.75) is 6.92 Å². The van der Waals surface area contributed by atoms with Gasteiger partial charge in [0.15, 0.2) is 0 Å². The van der Waals surface area contributed by atoms with Crippen LogP contribution in [0.4, 0.5) is 5.69 Å². The van der Waals surface area contributed by atoms with Crippen molar-refractivity contribution >= 4 is 23.6 Å². The molecule has 0 aliphatic rings. The first-order chi connectivity index (χ1) is 12.1. The number of carbonyl (C=O) groups is 1. The van der Waals surface area contributed by atoms with E-state index in [-0.39, 0.29) is 11.4 Å². The molecule has 0 aromatic heterocycles. The van der Waals surface area contributed by atoms with Gasteiger partial charge in [-0.3, -0.25) is 4.79 Å². The molecule has 1 aromatic rings. The Morgan fingerprint density at radius 1 is 1.20 bits per heavy atom. The van der Waals surface area contributed by atoms with Gasteiger partial charge in [0.05, 0.1) is 11.3 Å². The lowest BCUT2D eigenvalue weighted by Gasteiger charge is -2.08. The van der Waals surface area contributed by atoms with Gasteiger partial charge in [-0.25, -0.2) is 4.99 Å². The predicted octanol–water partition coefficient (Wildman–Crippen LogP) is 0.314. The minimum Gasteiger partial charge on any atom is -0.492 e. The van der Waals surface area contributed by atoms with E-state index >= 15 is 0 Å². The highest BCUT2D eigenvalue weighted by Gasteiger charge is 2.09. The van der Waals surface area contributed by atoms with E-state index in [4.69, 9.17) is 21.6 Å². The van der Waals surface area contributed by atoms with Crippen LogP contribution in [0.3, 0.4) is 0 Å². The van der Waals surface area contributed by atoms with Crippen molar-refractivity contribution in [3.05, 3.63) is 35.9 Å². The Hall–Kier alpha value is -2.71. The van der Waals surface area contributed by atoms with Crippen LogP contribution in [0.1, 0.15) is 6.92 Å². The molecule has 7 N–H and O–H groups in total. The lowest BCUT2D eigenvalue weighted by atomic mass is 10.2. The molecule has 136 valence electrons. The van der Waals surface area contributed by atoms with Gasteiger partial charge in [0.1, 0.15) is 18.2 Å². The molecule has 1 rings (SSSR count). The summed E-state index contributed by atoms with van der Waals surface area (Å²) < 4.78 is 5.62. The number of hydrogen-bond donors (Lipinski definition) is 5. The highest BCUT2D eigenvalue weighted by Crippen LogP contribution is 2.18. The minimum absolute atomic E-state index is 0.000960. The standard InChI is InChI=1S/C17H26N6O2/c1-2-21-9-10-22-11-12-25-14-5-3-13(4-6-14)23-16(19)15(7-8-18)17(20)24/h3-8,18,21-22H,2,9-12H2,1H3,(H2,19,23)(H2,20,24)/b15-7-,18-8?. The molecule has 0 aliphatic heterocycles. The van der Waals surface area contributed by atoms with Gasteiger partial charge in [-0.1, -0.05) is 6.92 Å². The normalized spacial score (nSPS) is 12.0. The van der Waals surface area contributed by atoms with Gasteiger partial charge in [0, 0.05) is 25.8 Å². The summed E-state index contributed by atoms with van der Waals surface area (Å²) in [5.41, 5.74) is 11.5. The first-order valence-corrected chi connectivity index (χ1v) is 8.07. The van der Waals surface area contributed by atoms with Crippen LogP contribution in [0.2, 0.25) is 0 Å². The molecular weight excluding hydrogens is 320 g/mol. The van der Waals surface area contributed by atoms with Crippen molar-refractivity contribution in [3.63, 3.8) is 0 Å². The van der Waals surface area contributed by atoms with E-state index in [1.54, 1.807) is 24.3 Å². The van der Waals surface area contributed by atoms with Gasteiger partial charge < -0.3 is 32.2 Å². The molecule has 0 heterocycles. The fourth-order valence-electron chi connectivity index (χ4n) is 1.91. The zero-order valence-corrected chi connectivity index (χ0v) is 14.4. The van der Waals surface area contributed by atoms with E-state index in [0.717, 1.165) is 38.1 Å². The van der Waals surface area contributed by atoms with Crippen LogP contribution in [-0.4, -0.2) is 50.7 Å². The van der Waals surface area contributed by atoms with Crippen LogP contribution < -0.4 is 26.8 Å². The van der Waals surface area contributed by atoms with Crippen molar-refractivity contribution < 1.29 is 9.53 Å². The number of aliphatic imine (C=N–C) groups is 1. The van der Waals surface area contributed by atoms with Crippen LogP contribution in [0.5, 0.6) is 5.75 Å². The quantitative estimate of drug-likeness (QED) is 0.160. The first kappa shape index (κ1) is 20.3. The summed E-state index contributed by atoms with van der Waals surface area (Å²) in [6.07, 6.45) is 2.15. The summed E-state index contributed by atoms with van der Waals surface area (Å²) in [6.45, 7) is 6.19. The smallest absolute Gasteiger partial charge is 0.252 e. The summed E-state index contributed by atoms with van der Waals surface area (Å²) in [6, 6.07) is 7.00. The van der Waals surface area contributed by atoms with Crippen LogP contribution in [0, 0.1) is 5.41 Å². The van der Waals surface area contributed by atoms with Gasteiger partial charge in [-0.05, 0) is 36.9 Å². The number of nitrogens with zero attached hydrogens (tertiary/aromatic N) is 1. The third kappa shape index (κ3) is 8.09. The minimum atomic E-state index is -0.730. The largest absolute Gasteiger partial charge is 0.492 e. The third-order valence-electron chi connectivity index (χ3n) is 3.15. The Bertz CT molecular complexity index is 610. The van der Waals surface area contributed by atoms with E-state index in [0.29, 0.717) is 12.3 Å². The Morgan fingerprint density at radius 2 is 1.88 bits per heavy atom. The number of likely N-dealkylation sites (N-methyl/N-ethyl adjacent to an activating group) is 1. The maximum absolute atomic E-state index is 11.3. The van der Waals surface area contributed by atoms with Crippen molar-refractivity contribution in [1.82, 2.24) is 10.6 Å². The fourth-order valence-corrected chi connectivity index (χ4v) is 1.91. The number of nitrogens with two attached hydrogens (primary N) is 2. The summed E-state index contributed by atoms with van der Waals surface area (Å²) in [4.78, 5) is 15.4. The van der Waals surface area contributed by atoms with Crippen molar-refractivity contribution in [3.8, 4) is 5.75 Å². The van der Waals surface area contributed by atoms with Gasteiger partial charge in [0.2, 0.25) is 0 Å². The molecule has 8 nitrogen and oxygen atoms in total. The molecular formula is C17H26N6O2. The summed E-state index contributed by atoms with van der Waals surface area (Å²) >= 11 is 0. The number of amides is 1. The van der Waals surface area contributed by atoms with Crippen LogP contribution in [0.15, 0.2) is 40.9 Å². The fraction of sp³-hybridized carbons (Fsp3) is 0.353. The molecule has 0 bridgehead atoms. The van der Waals surface area contributed by atoms with Gasteiger partial charge >= 0.3 is 0 Å². The molecule has 8 heteroatoms. The molecule has 0 saturated carbocycles. The number of amidine groups is 1. The number of rotatable bonds is 12. The second-order valence-corrected chi connectivity index (χ2v) is 5.05. The second kappa shape index (κ2) is 11.8. The van der Waals surface area contributed by atoms with Crippen molar-refractivity contribution in [2.75, 3.05) is 32.8 Å². The third-order valence-corrected chi connectivity index (χ3v) is 3.15. The van der Waals surface area contributed by atoms with E-state index in [1.165, 1.54) is 6.08 Å². The second-order valence-electron chi connectivity index (χ2n) is 5.05. The topological polar surface area (TPSA) is 139 Å². The molecule has 0 radical (unpaired) electrons. The van der Waals surface area contributed by atoms with Gasteiger partial charge in [-0.15, -0.1) is 0 Å². The van der Waals surface area contributed by atoms with Gasteiger partial charge in [0.25, 0.3) is 5.91 Å². The molecule has 0 saturated heterocycles. The van der Waals surface area contributed by atoms with Crippen molar-refractivity contribution in [2.24, 2.45) is 16.5 Å². The number of primary amides is 1. The van der Waals surface area contributed by atoms with Crippen LogP contribution >= 0.6 is 0 Å². The number of ether oxygens (including phenoxy) is 1. The SMILES string of the molecule is CCNCCNCCOc1ccc(N=C(N)/C(=C/C=N)C(N)=O)cc1. The zero-order chi connectivity index (χ0) is 18.5. The molecule has 1 amide bonds. The molecule has 1 aromatic carbocycles. The Balaban J connectivity index is 2.50. The van der Waals surface area contributed by atoms with Crippen molar-refractivity contribution in [1.29, 1.82) is 5.41 Å². The monoisotopic (exact) mass is 346 g/mol. The summed E-state index contributed by atoms with van der Waals surface area (Å²) in [5, 5.41) is 13.5. The number of allylic oxidation sites excluding steroid dienone is 1.